The second-order valence-electron chi connectivity index (χ2n) is 9.27. The Morgan fingerprint density at radius 3 is 2.28 bits per heavy atom. The van der Waals surface area contributed by atoms with E-state index in [1.165, 1.54) is 29.5 Å². The summed E-state index contributed by atoms with van der Waals surface area (Å²) in [6, 6.07) is 20.0. The number of benzene rings is 2. The molecule has 1 aliphatic heterocycles. The van der Waals surface area contributed by atoms with E-state index >= 15 is 0 Å². The predicted octanol–water partition coefficient (Wildman–Crippen LogP) is 2.56. The molecule has 2 amide bonds. The van der Waals surface area contributed by atoms with Crippen molar-refractivity contribution in [2.75, 3.05) is 25.5 Å². The van der Waals surface area contributed by atoms with Crippen molar-refractivity contribution >= 4 is 33.5 Å². The van der Waals surface area contributed by atoms with Crippen molar-refractivity contribution in [2.45, 2.75) is 25.3 Å². The number of carbonyl (C=O) groups excluding carboxylic acids is 2. The summed E-state index contributed by atoms with van der Waals surface area (Å²) in [7, 11) is -2.83. The monoisotopic (exact) mass is 547 g/mol. The molecule has 1 saturated heterocycles. The summed E-state index contributed by atoms with van der Waals surface area (Å²) in [4.78, 5) is 32.6. The predicted molar refractivity (Wildman–Crippen MR) is 147 cm³/mol. The normalized spacial score (nSPS) is 14.3. The van der Waals surface area contributed by atoms with Crippen LogP contribution >= 0.6 is 0 Å². The molecule has 39 heavy (non-hydrogen) atoms. The van der Waals surface area contributed by atoms with Gasteiger partial charge in [-0.3, -0.25) is 9.59 Å². The number of carbonyl (C=O) groups is 2. The maximum Gasteiger partial charge on any atom is 0.301 e. The minimum Gasteiger partial charge on any atom is -0.365 e. The number of hydrogen-bond acceptors (Lipinski definition) is 7. The van der Waals surface area contributed by atoms with E-state index in [2.05, 4.69) is 27.5 Å². The van der Waals surface area contributed by atoms with Gasteiger partial charge in [-0.15, -0.1) is 0 Å². The average molecular weight is 548 g/mol. The van der Waals surface area contributed by atoms with Crippen LogP contribution in [0.4, 0.5) is 5.82 Å². The topological polar surface area (TPSA) is 138 Å². The van der Waals surface area contributed by atoms with Gasteiger partial charge in [-0.25, -0.2) is 14.4 Å². The third-order valence-electron chi connectivity index (χ3n) is 6.85. The van der Waals surface area contributed by atoms with Gasteiger partial charge in [0.15, 0.2) is 5.65 Å². The molecule has 5 rings (SSSR count). The van der Waals surface area contributed by atoms with Crippen LogP contribution in [0.1, 0.15) is 50.6 Å². The molecule has 2 aromatic carbocycles. The zero-order valence-electron chi connectivity index (χ0n) is 21.4. The lowest BCUT2D eigenvalue weighted by Gasteiger charge is -2.32. The van der Waals surface area contributed by atoms with Gasteiger partial charge in [0.05, 0.1) is 6.20 Å². The highest BCUT2D eigenvalue weighted by atomic mass is 32.2. The Kier molecular flexibility index (Phi) is 7.57. The van der Waals surface area contributed by atoms with E-state index in [0.717, 1.165) is 18.4 Å². The van der Waals surface area contributed by atoms with Gasteiger partial charge < -0.3 is 10.2 Å². The molecule has 3 N–H and O–H groups in total. The summed E-state index contributed by atoms with van der Waals surface area (Å²) in [5.41, 5.74) is 2.65. The third-order valence-corrected chi connectivity index (χ3v) is 7.85. The van der Waals surface area contributed by atoms with E-state index in [9.17, 15) is 18.0 Å². The van der Waals surface area contributed by atoms with Gasteiger partial charge >= 0.3 is 10.2 Å². The van der Waals surface area contributed by atoms with Crippen LogP contribution in [0.15, 0.2) is 73.1 Å². The molecular formula is C27H29N7O4S. The quantitative estimate of drug-likeness (QED) is 0.308. The molecule has 11 nitrogen and oxygen atoms in total. The summed E-state index contributed by atoms with van der Waals surface area (Å²) in [5.74, 6) is -0.309. The molecule has 0 radical (unpaired) electrons. The molecule has 2 aromatic heterocycles. The number of hydrogen-bond donors (Lipinski definition) is 3. The molecule has 3 heterocycles. The van der Waals surface area contributed by atoms with Crippen molar-refractivity contribution in [1.82, 2.24) is 28.9 Å². The van der Waals surface area contributed by atoms with Crippen LogP contribution in [-0.2, 0) is 16.8 Å². The number of nitrogens with one attached hydrogen (secondary N) is 3. The number of piperidine rings is 1. The molecule has 1 aliphatic rings. The Morgan fingerprint density at radius 2 is 1.62 bits per heavy atom. The molecule has 12 heteroatoms. The highest BCUT2D eigenvalue weighted by molar-refractivity contribution is 7.88. The summed E-state index contributed by atoms with van der Waals surface area (Å²) >= 11 is 0. The molecule has 0 spiro atoms. The van der Waals surface area contributed by atoms with E-state index in [-0.39, 0.29) is 17.1 Å². The summed E-state index contributed by atoms with van der Waals surface area (Å²) in [6.07, 6.45) is 4.35. The number of aromatic nitrogens is 3. The number of anilines is 1. The number of likely N-dealkylation sites (tertiary alicyclic amines) is 1. The highest BCUT2D eigenvalue weighted by Crippen LogP contribution is 2.29. The Balaban J connectivity index is 1.44. The van der Waals surface area contributed by atoms with Crippen LogP contribution in [0.3, 0.4) is 0 Å². The molecule has 202 valence electrons. The van der Waals surface area contributed by atoms with Crippen molar-refractivity contribution in [1.29, 1.82) is 0 Å². The van der Waals surface area contributed by atoms with Crippen LogP contribution in [0.2, 0.25) is 0 Å². The van der Waals surface area contributed by atoms with Gasteiger partial charge in [0.1, 0.15) is 16.9 Å². The Hall–Kier alpha value is -4.29. The summed E-state index contributed by atoms with van der Waals surface area (Å²) < 4.78 is 29.0. The molecule has 0 bridgehead atoms. The van der Waals surface area contributed by atoms with E-state index in [1.54, 1.807) is 0 Å². The first-order chi connectivity index (χ1) is 18.9. The fourth-order valence-corrected chi connectivity index (χ4v) is 5.19. The average Bonchev–Trinajstić information content (AvgIpc) is 3.41. The summed E-state index contributed by atoms with van der Waals surface area (Å²) in [6.45, 7) is 1.60. The van der Waals surface area contributed by atoms with Gasteiger partial charge in [-0.1, -0.05) is 60.7 Å². The highest BCUT2D eigenvalue weighted by Gasteiger charge is 2.28. The zero-order chi connectivity index (χ0) is 27.4. The third kappa shape index (κ3) is 5.76. The fourth-order valence-electron chi connectivity index (χ4n) is 4.74. The first kappa shape index (κ1) is 26.3. The van der Waals surface area contributed by atoms with Gasteiger partial charge in [0.2, 0.25) is 0 Å². The second-order valence-corrected chi connectivity index (χ2v) is 10.9. The molecule has 0 unspecified atom stereocenters. The number of fused-ring (bicyclic) bond motifs is 1. The number of nitrogens with zero attached hydrogens (tertiary/aromatic N) is 4. The van der Waals surface area contributed by atoms with Crippen molar-refractivity contribution in [2.24, 2.45) is 0 Å². The van der Waals surface area contributed by atoms with Crippen LogP contribution < -0.4 is 14.8 Å². The van der Waals surface area contributed by atoms with Crippen LogP contribution in [0, 0.1) is 0 Å². The lowest BCUT2D eigenvalue weighted by atomic mass is 9.89. The maximum absolute atomic E-state index is 13.7. The molecule has 1 fully saturated rings. The zero-order valence-corrected chi connectivity index (χ0v) is 22.2. The fraction of sp³-hybridized carbons (Fsp3) is 0.259. The van der Waals surface area contributed by atoms with Crippen molar-refractivity contribution in [3.05, 3.63) is 95.3 Å². The standard InChI is InChI=1S/C27H29N7O4S/c1-28-39(37,38)32-26(35)22-18-31-34-24(22)30-17-23(25(34)29-16-19-8-4-2-5-9-19)27(36)33-14-12-21(13-15-33)20-10-6-3-7-11-20/h2-11,17-18,21,28-29H,12-16H2,1H3,(H,32,35). The Bertz CT molecular complexity index is 1580. The van der Waals surface area contributed by atoms with Gasteiger partial charge in [0, 0.05) is 32.9 Å². The van der Waals surface area contributed by atoms with Gasteiger partial charge in [-0.05, 0) is 29.9 Å². The minimum absolute atomic E-state index is 0.0424. The van der Waals surface area contributed by atoms with E-state index < -0.39 is 16.1 Å². The summed E-state index contributed by atoms with van der Waals surface area (Å²) in [5, 5.41) is 7.58. The van der Waals surface area contributed by atoms with Gasteiger partial charge in [0.25, 0.3) is 11.8 Å². The second kappa shape index (κ2) is 11.2. The van der Waals surface area contributed by atoms with Crippen LogP contribution in [-0.4, -0.2) is 59.9 Å². The molecule has 0 saturated carbocycles. The lowest BCUT2D eigenvalue weighted by Crippen LogP contribution is -2.38. The minimum atomic E-state index is -4.02. The van der Waals surface area contributed by atoms with Crippen molar-refractivity contribution < 1.29 is 18.0 Å². The molecule has 0 aliphatic carbocycles. The number of amides is 2. The van der Waals surface area contributed by atoms with Crippen molar-refractivity contribution in [3.8, 4) is 0 Å². The van der Waals surface area contributed by atoms with E-state index in [1.807, 2.05) is 62.9 Å². The first-order valence-corrected chi connectivity index (χ1v) is 14.1. The first-order valence-electron chi connectivity index (χ1n) is 12.6. The van der Waals surface area contributed by atoms with E-state index in [0.29, 0.717) is 36.9 Å². The Morgan fingerprint density at radius 1 is 0.949 bits per heavy atom. The largest absolute Gasteiger partial charge is 0.365 e. The molecule has 4 aromatic rings. The van der Waals surface area contributed by atoms with Gasteiger partial charge in [-0.2, -0.15) is 18.0 Å². The maximum atomic E-state index is 13.7. The lowest BCUT2D eigenvalue weighted by molar-refractivity contribution is 0.0712. The van der Waals surface area contributed by atoms with E-state index in [4.69, 9.17) is 0 Å². The smallest absolute Gasteiger partial charge is 0.301 e. The van der Waals surface area contributed by atoms with Crippen molar-refractivity contribution in [3.63, 3.8) is 0 Å². The van der Waals surface area contributed by atoms with Crippen LogP contribution in [0.5, 0.6) is 0 Å². The van der Waals surface area contributed by atoms with Crippen LogP contribution in [0.25, 0.3) is 5.65 Å². The number of rotatable bonds is 8. The SMILES string of the molecule is CNS(=O)(=O)NC(=O)c1cnn2c(NCc3ccccc3)c(C(=O)N3CCC(c4ccccc4)CC3)cnc12. The molecule has 0 atom stereocenters. The molecular weight excluding hydrogens is 518 g/mol. The Labute approximate surface area is 226 Å².